The lowest BCUT2D eigenvalue weighted by Gasteiger charge is -2.29. The molecule has 0 fully saturated rings. The Hall–Kier alpha value is -2.04. The average molecular weight is 292 g/mol. The number of carbonyl (C=O) groups is 2. The summed E-state index contributed by atoms with van der Waals surface area (Å²) >= 11 is 0. The Morgan fingerprint density at radius 1 is 0.905 bits per heavy atom. The monoisotopic (exact) mass is 292 g/mol. The molecule has 1 aromatic carbocycles. The first-order valence-electron chi connectivity index (χ1n) is 6.84. The van der Waals surface area contributed by atoms with Gasteiger partial charge in [0.1, 0.15) is 0 Å². The molecule has 0 radical (unpaired) electrons. The second kappa shape index (κ2) is 6.16. The highest BCUT2D eigenvalue weighted by Gasteiger charge is 2.25. The number of alkyl carbamates (subject to hydrolysis) is 1. The fraction of sp³-hybridized carbons (Fsp3) is 0.500. The van der Waals surface area contributed by atoms with Gasteiger partial charge < -0.3 is 15.4 Å². The zero-order chi connectivity index (χ0) is 16.3. The van der Waals surface area contributed by atoms with Crippen LogP contribution in [0.1, 0.15) is 45.7 Å². The number of carbonyl (C=O) groups excluding carboxylic acids is 2. The smallest absolute Gasteiger partial charge is 0.407 e. The molecule has 0 bridgehead atoms. The molecule has 0 aliphatic carbocycles. The molecule has 0 heterocycles. The van der Waals surface area contributed by atoms with Crippen LogP contribution in [-0.4, -0.2) is 19.1 Å². The Morgan fingerprint density at radius 3 is 1.62 bits per heavy atom. The van der Waals surface area contributed by atoms with E-state index < -0.39 is 17.2 Å². The second-order valence-corrected chi connectivity index (χ2v) is 6.13. The Morgan fingerprint density at radius 2 is 1.29 bits per heavy atom. The topological polar surface area (TPSA) is 67.4 Å². The number of hydrogen-bond acceptors (Lipinski definition) is 3. The first kappa shape index (κ1) is 17.0. The van der Waals surface area contributed by atoms with Gasteiger partial charge in [-0.15, -0.1) is 0 Å². The molecule has 0 saturated heterocycles. The summed E-state index contributed by atoms with van der Waals surface area (Å²) < 4.78 is 4.63. The Balaban J connectivity index is 2.96. The maximum Gasteiger partial charge on any atom is 0.407 e. The lowest BCUT2D eigenvalue weighted by Crippen LogP contribution is -2.41. The number of hydrogen-bond donors (Lipinski definition) is 2. The van der Waals surface area contributed by atoms with Gasteiger partial charge in [-0.05, 0) is 38.8 Å². The normalized spacial score (nSPS) is 11.7. The van der Waals surface area contributed by atoms with Crippen LogP contribution >= 0.6 is 0 Å². The van der Waals surface area contributed by atoms with Crippen LogP contribution in [0.5, 0.6) is 0 Å². The maximum atomic E-state index is 11.4. The first-order valence-corrected chi connectivity index (χ1v) is 6.84. The fourth-order valence-electron chi connectivity index (χ4n) is 2.19. The van der Waals surface area contributed by atoms with Crippen LogP contribution in [0.4, 0.5) is 4.79 Å². The molecular formula is C16H24N2O3. The summed E-state index contributed by atoms with van der Waals surface area (Å²) in [5.41, 5.74) is 0.972. The minimum atomic E-state index is -0.538. The van der Waals surface area contributed by atoms with Crippen LogP contribution in [0.2, 0.25) is 0 Å². The van der Waals surface area contributed by atoms with Crippen LogP contribution < -0.4 is 10.6 Å². The molecular weight excluding hydrogens is 268 g/mol. The Bertz CT molecular complexity index is 519. The Kier molecular flexibility index (Phi) is 4.99. The van der Waals surface area contributed by atoms with E-state index in [1.807, 2.05) is 52.0 Å². The van der Waals surface area contributed by atoms with Crippen LogP contribution in [-0.2, 0) is 20.6 Å². The third-order valence-electron chi connectivity index (χ3n) is 3.42. The minimum Gasteiger partial charge on any atom is -0.453 e. The average Bonchev–Trinajstić information content (AvgIpc) is 2.36. The molecule has 116 valence electrons. The second-order valence-electron chi connectivity index (χ2n) is 6.13. The van der Waals surface area contributed by atoms with Crippen molar-refractivity contribution in [3.05, 3.63) is 35.4 Å². The van der Waals surface area contributed by atoms with Gasteiger partial charge in [-0.3, -0.25) is 4.79 Å². The van der Waals surface area contributed by atoms with E-state index in [9.17, 15) is 9.59 Å². The van der Waals surface area contributed by atoms with Crippen molar-refractivity contribution in [3.63, 3.8) is 0 Å². The summed E-state index contributed by atoms with van der Waals surface area (Å²) in [6.45, 7) is 9.19. The van der Waals surface area contributed by atoms with E-state index in [1.54, 1.807) is 0 Å². The van der Waals surface area contributed by atoms with Crippen LogP contribution in [0.25, 0.3) is 0 Å². The zero-order valence-corrected chi connectivity index (χ0v) is 13.5. The molecule has 2 amide bonds. The third-order valence-corrected chi connectivity index (χ3v) is 3.42. The van der Waals surface area contributed by atoms with Gasteiger partial charge in [0.15, 0.2) is 0 Å². The minimum absolute atomic E-state index is 0.0724. The van der Waals surface area contributed by atoms with Gasteiger partial charge in [0.2, 0.25) is 5.91 Å². The van der Waals surface area contributed by atoms with E-state index in [0.717, 1.165) is 11.1 Å². The van der Waals surface area contributed by atoms with E-state index in [0.29, 0.717) is 0 Å². The SMILES string of the molecule is COC(=O)NC(C)(C)c1ccc(C(C)(C)NC(C)=O)cc1. The summed E-state index contributed by atoms with van der Waals surface area (Å²) in [5, 5.41) is 5.69. The molecule has 0 spiro atoms. The number of amides is 2. The molecule has 0 aliphatic heterocycles. The molecule has 1 rings (SSSR count). The lowest BCUT2D eigenvalue weighted by atomic mass is 9.89. The number of rotatable bonds is 4. The Labute approximate surface area is 126 Å². The molecule has 5 heteroatoms. The van der Waals surface area contributed by atoms with Crippen molar-refractivity contribution >= 4 is 12.0 Å². The number of ether oxygens (including phenoxy) is 1. The molecule has 5 nitrogen and oxygen atoms in total. The zero-order valence-electron chi connectivity index (χ0n) is 13.5. The molecule has 21 heavy (non-hydrogen) atoms. The van der Waals surface area contributed by atoms with Gasteiger partial charge in [0, 0.05) is 6.92 Å². The number of benzene rings is 1. The summed E-state index contributed by atoms with van der Waals surface area (Å²) in [4.78, 5) is 22.6. The predicted molar refractivity (Wildman–Crippen MR) is 81.9 cm³/mol. The van der Waals surface area contributed by atoms with Crippen molar-refractivity contribution in [2.45, 2.75) is 45.7 Å². The summed E-state index contributed by atoms with van der Waals surface area (Å²) in [6, 6.07) is 7.78. The number of methoxy groups -OCH3 is 1. The van der Waals surface area contributed by atoms with E-state index in [2.05, 4.69) is 15.4 Å². The molecule has 1 aromatic rings. The molecule has 0 aromatic heterocycles. The molecule has 0 unspecified atom stereocenters. The standard InChI is InChI=1S/C16H24N2O3/c1-11(19)17-15(2,3)12-7-9-13(10-8-12)16(4,5)18-14(20)21-6/h7-10H,1-6H3,(H,17,19)(H,18,20). The van der Waals surface area contributed by atoms with Gasteiger partial charge in [0.05, 0.1) is 18.2 Å². The highest BCUT2D eigenvalue weighted by Crippen LogP contribution is 2.25. The van der Waals surface area contributed by atoms with Crippen molar-refractivity contribution in [1.29, 1.82) is 0 Å². The van der Waals surface area contributed by atoms with Gasteiger partial charge in [-0.2, -0.15) is 0 Å². The van der Waals surface area contributed by atoms with Gasteiger partial charge >= 0.3 is 6.09 Å². The molecule has 0 atom stereocenters. The van der Waals surface area contributed by atoms with Crippen molar-refractivity contribution in [1.82, 2.24) is 10.6 Å². The highest BCUT2D eigenvalue weighted by atomic mass is 16.5. The largest absolute Gasteiger partial charge is 0.453 e. The van der Waals surface area contributed by atoms with Gasteiger partial charge in [-0.25, -0.2) is 4.79 Å². The molecule has 0 saturated carbocycles. The van der Waals surface area contributed by atoms with Crippen LogP contribution in [0.3, 0.4) is 0 Å². The van der Waals surface area contributed by atoms with Gasteiger partial charge in [-0.1, -0.05) is 24.3 Å². The number of nitrogens with one attached hydrogen (secondary N) is 2. The van der Waals surface area contributed by atoms with Crippen LogP contribution in [0, 0.1) is 0 Å². The predicted octanol–water partition coefficient (Wildman–Crippen LogP) is 2.65. The van der Waals surface area contributed by atoms with Gasteiger partial charge in [0.25, 0.3) is 0 Å². The van der Waals surface area contributed by atoms with Crippen molar-refractivity contribution in [2.75, 3.05) is 7.11 Å². The van der Waals surface area contributed by atoms with E-state index in [4.69, 9.17) is 0 Å². The van der Waals surface area contributed by atoms with Crippen molar-refractivity contribution in [3.8, 4) is 0 Å². The third kappa shape index (κ3) is 4.48. The van der Waals surface area contributed by atoms with E-state index in [-0.39, 0.29) is 5.91 Å². The molecule has 0 aliphatic rings. The quantitative estimate of drug-likeness (QED) is 0.896. The summed E-state index contributed by atoms with van der Waals surface area (Å²) in [6.07, 6.45) is -0.470. The molecule has 2 N–H and O–H groups in total. The van der Waals surface area contributed by atoms with Crippen molar-refractivity contribution < 1.29 is 14.3 Å². The first-order chi connectivity index (χ1) is 9.58. The van der Waals surface area contributed by atoms with Crippen molar-refractivity contribution in [2.24, 2.45) is 0 Å². The summed E-state index contributed by atoms with van der Waals surface area (Å²) in [5.74, 6) is -0.0724. The maximum absolute atomic E-state index is 11.4. The van der Waals surface area contributed by atoms with Crippen LogP contribution in [0.15, 0.2) is 24.3 Å². The highest BCUT2D eigenvalue weighted by molar-refractivity contribution is 5.74. The fourth-order valence-corrected chi connectivity index (χ4v) is 2.19. The van der Waals surface area contributed by atoms with E-state index >= 15 is 0 Å². The van der Waals surface area contributed by atoms with E-state index in [1.165, 1.54) is 14.0 Å². The summed E-state index contributed by atoms with van der Waals surface area (Å²) in [7, 11) is 1.34. The lowest BCUT2D eigenvalue weighted by molar-refractivity contribution is -0.120.